The molecule has 1 aromatic heterocycles. The van der Waals surface area contributed by atoms with Crippen LogP contribution in [0.4, 0.5) is 0 Å². The predicted octanol–water partition coefficient (Wildman–Crippen LogP) is 0.993. The van der Waals surface area contributed by atoms with E-state index in [0.29, 0.717) is 32.7 Å². The number of furan rings is 1. The largest absolute Gasteiger partial charge is 0.467 e. The van der Waals surface area contributed by atoms with Crippen molar-refractivity contribution in [3.05, 3.63) is 24.2 Å². The van der Waals surface area contributed by atoms with E-state index in [2.05, 4.69) is 0 Å². The Morgan fingerprint density at radius 2 is 2.41 bits per heavy atom. The maximum Gasteiger partial charge on any atom is 0.224 e. The van der Waals surface area contributed by atoms with Crippen molar-refractivity contribution in [3.8, 4) is 0 Å². The Labute approximate surface area is 102 Å². The molecule has 1 amide bonds. The van der Waals surface area contributed by atoms with E-state index in [9.17, 15) is 4.79 Å². The van der Waals surface area contributed by atoms with E-state index in [-0.39, 0.29) is 5.91 Å². The average molecular weight is 240 g/mol. The SMILES string of the molecule is CN(CCCN)C(=O)CCOCc1ccco1. The van der Waals surface area contributed by atoms with Gasteiger partial charge in [0.15, 0.2) is 0 Å². The van der Waals surface area contributed by atoms with E-state index in [0.717, 1.165) is 12.2 Å². The quantitative estimate of drug-likeness (QED) is 0.688. The number of nitrogens with zero attached hydrogens (tertiary/aromatic N) is 1. The normalized spacial score (nSPS) is 10.5. The third-order valence-electron chi connectivity index (χ3n) is 2.41. The molecule has 0 aliphatic carbocycles. The summed E-state index contributed by atoms with van der Waals surface area (Å²) in [6, 6.07) is 3.65. The highest BCUT2D eigenvalue weighted by Crippen LogP contribution is 2.02. The number of nitrogens with two attached hydrogens (primary N) is 1. The van der Waals surface area contributed by atoms with Crippen molar-refractivity contribution in [2.75, 3.05) is 26.7 Å². The second-order valence-corrected chi connectivity index (χ2v) is 3.84. The molecule has 0 bridgehead atoms. The van der Waals surface area contributed by atoms with Crippen LogP contribution in [-0.2, 0) is 16.1 Å². The van der Waals surface area contributed by atoms with Crippen LogP contribution < -0.4 is 5.73 Å². The molecule has 0 aliphatic heterocycles. The lowest BCUT2D eigenvalue weighted by molar-refractivity contribution is -0.131. The monoisotopic (exact) mass is 240 g/mol. The Hall–Kier alpha value is -1.33. The van der Waals surface area contributed by atoms with Crippen molar-refractivity contribution in [1.82, 2.24) is 4.90 Å². The maximum absolute atomic E-state index is 11.6. The molecule has 1 heterocycles. The topological polar surface area (TPSA) is 68.7 Å². The minimum Gasteiger partial charge on any atom is -0.467 e. The second-order valence-electron chi connectivity index (χ2n) is 3.84. The molecule has 2 N–H and O–H groups in total. The van der Waals surface area contributed by atoms with Crippen LogP contribution in [0.5, 0.6) is 0 Å². The van der Waals surface area contributed by atoms with Crippen LogP contribution in [-0.4, -0.2) is 37.6 Å². The van der Waals surface area contributed by atoms with Gasteiger partial charge in [-0.3, -0.25) is 4.79 Å². The van der Waals surface area contributed by atoms with Gasteiger partial charge in [0.25, 0.3) is 0 Å². The van der Waals surface area contributed by atoms with Gasteiger partial charge in [0.05, 0.1) is 19.3 Å². The van der Waals surface area contributed by atoms with Crippen LogP contribution in [0.15, 0.2) is 22.8 Å². The minimum atomic E-state index is 0.0814. The molecule has 0 unspecified atom stereocenters. The van der Waals surface area contributed by atoms with Gasteiger partial charge in [-0.2, -0.15) is 0 Å². The van der Waals surface area contributed by atoms with Crippen molar-refractivity contribution in [3.63, 3.8) is 0 Å². The van der Waals surface area contributed by atoms with Crippen molar-refractivity contribution < 1.29 is 13.9 Å². The van der Waals surface area contributed by atoms with Gasteiger partial charge < -0.3 is 19.8 Å². The summed E-state index contributed by atoms with van der Waals surface area (Å²) in [4.78, 5) is 13.3. The summed E-state index contributed by atoms with van der Waals surface area (Å²) in [5.74, 6) is 0.854. The Balaban J connectivity index is 2.07. The summed E-state index contributed by atoms with van der Waals surface area (Å²) in [6.07, 6.45) is 2.82. The Morgan fingerprint density at radius 3 is 3.06 bits per heavy atom. The zero-order valence-corrected chi connectivity index (χ0v) is 10.2. The van der Waals surface area contributed by atoms with Crippen LogP contribution in [0.25, 0.3) is 0 Å². The molecule has 1 rings (SSSR count). The molecular formula is C12H20N2O3. The first-order valence-corrected chi connectivity index (χ1v) is 5.78. The first-order chi connectivity index (χ1) is 8.24. The van der Waals surface area contributed by atoms with Gasteiger partial charge >= 0.3 is 0 Å². The van der Waals surface area contributed by atoms with E-state index in [1.165, 1.54) is 0 Å². The summed E-state index contributed by atoms with van der Waals surface area (Å²) in [7, 11) is 1.78. The highest BCUT2D eigenvalue weighted by atomic mass is 16.5. The molecule has 0 fully saturated rings. The fourth-order valence-electron chi connectivity index (χ4n) is 1.37. The fraction of sp³-hybridized carbons (Fsp3) is 0.583. The third-order valence-corrected chi connectivity index (χ3v) is 2.41. The lowest BCUT2D eigenvalue weighted by Gasteiger charge is -2.16. The molecule has 0 saturated carbocycles. The molecule has 96 valence electrons. The Kier molecular flexibility index (Phi) is 6.35. The molecule has 0 atom stereocenters. The smallest absolute Gasteiger partial charge is 0.224 e. The van der Waals surface area contributed by atoms with Crippen molar-refractivity contribution in [2.45, 2.75) is 19.4 Å². The van der Waals surface area contributed by atoms with E-state index < -0.39 is 0 Å². The number of carbonyl (C=O) groups is 1. The maximum atomic E-state index is 11.6. The molecule has 0 spiro atoms. The Bertz CT molecular complexity index is 312. The number of hydrogen-bond donors (Lipinski definition) is 1. The van der Waals surface area contributed by atoms with Gasteiger partial charge in [-0.1, -0.05) is 0 Å². The number of amides is 1. The number of rotatable bonds is 8. The van der Waals surface area contributed by atoms with Gasteiger partial charge in [0, 0.05) is 13.6 Å². The predicted molar refractivity (Wildman–Crippen MR) is 64.3 cm³/mol. The zero-order valence-electron chi connectivity index (χ0n) is 10.2. The first kappa shape index (κ1) is 13.7. The van der Waals surface area contributed by atoms with Crippen LogP contribution in [0.3, 0.4) is 0 Å². The molecule has 5 nitrogen and oxygen atoms in total. The van der Waals surface area contributed by atoms with Gasteiger partial charge in [-0.25, -0.2) is 0 Å². The summed E-state index contributed by atoms with van der Waals surface area (Å²) in [5.41, 5.74) is 5.38. The number of carbonyl (C=O) groups excluding carboxylic acids is 1. The number of hydrogen-bond acceptors (Lipinski definition) is 4. The van der Waals surface area contributed by atoms with Gasteiger partial charge in [-0.05, 0) is 25.1 Å². The third kappa shape index (κ3) is 5.51. The summed E-state index contributed by atoms with van der Waals surface area (Å²) >= 11 is 0. The summed E-state index contributed by atoms with van der Waals surface area (Å²) in [6.45, 7) is 2.12. The van der Waals surface area contributed by atoms with E-state index in [4.69, 9.17) is 14.9 Å². The van der Waals surface area contributed by atoms with E-state index >= 15 is 0 Å². The van der Waals surface area contributed by atoms with E-state index in [1.54, 1.807) is 18.2 Å². The fourth-order valence-corrected chi connectivity index (χ4v) is 1.37. The highest BCUT2D eigenvalue weighted by molar-refractivity contribution is 5.75. The lowest BCUT2D eigenvalue weighted by atomic mass is 10.3. The van der Waals surface area contributed by atoms with Crippen LogP contribution in [0.2, 0.25) is 0 Å². The molecular weight excluding hydrogens is 220 g/mol. The minimum absolute atomic E-state index is 0.0814. The summed E-state index contributed by atoms with van der Waals surface area (Å²) < 4.78 is 10.4. The molecule has 1 aromatic rings. The first-order valence-electron chi connectivity index (χ1n) is 5.78. The van der Waals surface area contributed by atoms with Gasteiger partial charge in [-0.15, -0.1) is 0 Å². The molecule has 0 aromatic carbocycles. The molecule has 0 aliphatic rings. The number of ether oxygens (including phenoxy) is 1. The molecule has 0 saturated heterocycles. The van der Waals surface area contributed by atoms with Crippen LogP contribution in [0, 0.1) is 0 Å². The van der Waals surface area contributed by atoms with Crippen molar-refractivity contribution >= 4 is 5.91 Å². The molecule has 17 heavy (non-hydrogen) atoms. The van der Waals surface area contributed by atoms with Gasteiger partial charge in [0.1, 0.15) is 12.4 Å². The standard InChI is InChI=1S/C12H20N2O3/c1-14(7-3-6-13)12(15)5-9-16-10-11-4-2-8-17-11/h2,4,8H,3,5-7,9-10,13H2,1H3. The molecule has 0 radical (unpaired) electrons. The zero-order chi connectivity index (χ0) is 12.5. The molecule has 5 heteroatoms. The Morgan fingerprint density at radius 1 is 1.59 bits per heavy atom. The average Bonchev–Trinajstić information content (AvgIpc) is 2.84. The van der Waals surface area contributed by atoms with Crippen LogP contribution in [0.1, 0.15) is 18.6 Å². The lowest BCUT2D eigenvalue weighted by Crippen LogP contribution is -2.29. The van der Waals surface area contributed by atoms with Gasteiger partial charge in [0.2, 0.25) is 5.91 Å². The van der Waals surface area contributed by atoms with Crippen molar-refractivity contribution in [1.29, 1.82) is 0 Å². The highest BCUT2D eigenvalue weighted by Gasteiger charge is 2.07. The van der Waals surface area contributed by atoms with E-state index in [1.807, 2.05) is 12.1 Å². The van der Waals surface area contributed by atoms with Crippen molar-refractivity contribution in [2.24, 2.45) is 5.73 Å². The van der Waals surface area contributed by atoms with Crippen LogP contribution >= 0.6 is 0 Å². The summed E-state index contributed by atoms with van der Waals surface area (Å²) in [5, 5.41) is 0. The second kappa shape index (κ2) is 7.86.